The molecule has 1 fully saturated rings. The number of unbranched alkanes of at least 4 members (excludes halogenated alkanes) is 1. The summed E-state index contributed by atoms with van der Waals surface area (Å²) in [5.41, 5.74) is 0.777. The highest BCUT2D eigenvalue weighted by Crippen LogP contribution is 2.10. The van der Waals surface area contributed by atoms with Gasteiger partial charge in [-0.25, -0.2) is 4.39 Å². The maximum absolute atomic E-state index is 13.6. The van der Waals surface area contributed by atoms with Gasteiger partial charge in [-0.1, -0.05) is 31.5 Å². The zero-order chi connectivity index (χ0) is 15.1. The van der Waals surface area contributed by atoms with E-state index in [4.69, 9.17) is 0 Å². The van der Waals surface area contributed by atoms with Gasteiger partial charge in [0.25, 0.3) is 0 Å². The average molecular weight is 292 g/mol. The summed E-state index contributed by atoms with van der Waals surface area (Å²) in [5.74, 6) is 0.163. The van der Waals surface area contributed by atoms with Gasteiger partial charge in [0.15, 0.2) is 0 Å². The Morgan fingerprint density at radius 1 is 1.19 bits per heavy atom. The lowest BCUT2D eigenvalue weighted by Gasteiger charge is -2.34. The Morgan fingerprint density at radius 3 is 2.57 bits per heavy atom. The molecule has 0 radical (unpaired) electrons. The van der Waals surface area contributed by atoms with Gasteiger partial charge in [-0.2, -0.15) is 0 Å². The van der Waals surface area contributed by atoms with Crippen LogP contribution in [0.2, 0.25) is 0 Å². The van der Waals surface area contributed by atoms with Gasteiger partial charge in [0.2, 0.25) is 5.91 Å². The molecule has 1 saturated heterocycles. The minimum absolute atomic E-state index is 0.120. The predicted octanol–water partition coefficient (Wildman–Crippen LogP) is 2.70. The van der Waals surface area contributed by atoms with Gasteiger partial charge < -0.3 is 4.90 Å². The number of hydrogen-bond acceptors (Lipinski definition) is 2. The summed E-state index contributed by atoms with van der Waals surface area (Å²) in [5, 5.41) is 0. The largest absolute Gasteiger partial charge is 0.340 e. The standard InChI is InChI=1S/C17H25FN2O/c1-2-3-8-17(21)20-13-11-19(12-14-20)10-9-15-6-4-5-7-16(15)18/h4-7H,2-3,8-14H2,1H3. The molecule has 1 aliphatic rings. The van der Waals surface area contributed by atoms with Crippen molar-refractivity contribution in [2.45, 2.75) is 32.6 Å². The molecule has 0 bridgehead atoms. The molecule has 1 aliphatic heterocycles. The van der Waals surface area contributed by atoms with Crippen LogP contribution in [0.3, 0.4) is 0 Å². The van der Waals surface area contributed by atoms with E-state index in [-0.39, 0.29) is 11.7 Å². The highest BCUT2D eigenvalue weighted by Gasteiger charge is 2.20. The van der Waals surface area contributed by atoms with Crippen molar-refractivity contribution in [2.24, 2.45) is 0 Å². The predicted molar refractivity (Wildman–Crippen MR) is 82.6 cm³/mol. The number of nitrogens with zero attached hydrogens (tertiary/aromatic N) is 2. The summed E-state index contributed by atoms with van der Waals surface area (Å²) in [7, 11) is 0. The van der Waals surface area contributed by atoms with Crippen molar-refractivity contribution in [2.75, 3.05) is 32.7 Å². The Labute approximate surface area is 126 Å². The highest BCUT2D eigenvalue weighted by atomic mass is 19.1. The number of benzene rings is 1. The van der Waals surface area contributed by atoms with Crippen molar-refractivity contribution in [3.05, 3.63) is 35.6 Å². The fourth-order valence-electron chi connectivity index (χ4n) is 2.69. The number of amides is 1. The van der Waals surface area contributed by atoms with Crippen molar-refractivity contribution in [1.82, 2.24) is 9.80 Å². The molecular formula is C17H25FN2O. The first-order valence-electron chi connectivity index (χ1n) is 7.94. The number of carbonyl (C=O) groups is 1. The van der Waals surface area contributed by atoms with Crippen LogP contribution in [0, 0.1) is 5.82 Å². The molecule has 0 spiro atoms. The summed E-state index contributed by atoms with van der Waals surface area (Å²) < 4.78 is 13.6. The summed E-state index contributed by atoms with van der Waals surface area (Å²) in [6, 6.07) is 6.96. The first kappa shape index (κ1) is 16.0. The molecule has 0 atom stereocenters. The van der Waals surface area contributed by atoms with Crippen LogP contribution in [0.25, 0.3) is 0 Å². The topological polar surface area (TPSA) is 23.6 Å². The van der Waals surface area contributed by atoms with E-state index in [0.717, 1.165) is 57.5 Å². The fraction of sp³-hybridized carbons (Fsp3) is 0.588. The Kier molecular flexibility index (Phi) is 6.18. The molecule has 21 heavy (non-hydrogen) atoms. The number of hydrogen-bond donors (Lipinski definition) is 0. The molecule has 0 saturated carbocycles. The third-order valence-corrected chi connectivity index (χ3v) is 4.12. The Balaban J connectivity index is 1.72. The zero-order valence-electron chi connectivity index (χ0n) is 12.9. The van der Waals surface area contributed by atoms with Crippen LogP contribution in [0.1, 0.15) is 31.7 Å². The van der Waals surface area contributed by atoms with Crippen LogP contribution in [0.5, 0.6) is 0 Å². The average Bonchev–Trinajstić information content (AvgIpc) is 2.52. The minimum atomic E-state index is -0.120. The number of halogens is 1. The first-order valence-corrected chi connectivity index (χ1v) is 7.94. The van der Waals surface area contributed by atoms with E-state index in [2.05, 4.69) is 11.8 Å². The normalized spacial score (nSPS) is 16.2. The molecule has 4 heteroatoms. The lowest BCUT2D eigenvalue weighted by molar-refractivity contribution is -0.133. The molecule has 0 aromatic heterocycles. The van der Waals surface area contributed by atoms with Crippen LogP contribution in [0.4, 0.5) is 4.39 Å². The fourth-order valence-corrected chi connectivity index (χ4v) is 2.69. The number of carbonyl (C=O) groups excluding carboxylic acids is 1. The van der Waals surface area contributed by atoms with Gasteiger partial charge in [0, 0.05) is 39.1 Å². The Morgan fingerprint density at radius 2 is 1.90 bits per heavy atom. The van der Waals surface area contributed by atoms with E-state index >= 15 is 0 Å². The van der Waals surface area contributed by atoms with Crippen molar-refractivity contribution in [3.63, 3.8) is 0 Å². The minimum Gasteiger partial charge on any atom is -0.340 e. The summed E-state index contributed by atoms with van der Waals surface area (Å²) in [6.07, 6.45) is 3.45. The summed E-state index contributed by atoms with van der Waals surface area (Å²) >= 11 is 0. The lowest BCUT2D eigenvalue weighted by atomic mass is 10.1. The van der Waals surface area contributed by atoms with Crippen LogP contribution in [-0.4, -0.2) is 48.4 Å². The second-order valence-electron chi connectivity index (χ2n) is 5.67. The van der Waals surface area contributed by atoms with Crippen LogP contribution >= 0.6 is 0 Å². The SMILES string of the molecule is CCCCC(=O)N1CCN(CCc2ccccc2F)CC1. The van der Waals surface area contributed by atoms with E-state index < -0.39 is 0 Å². The Hall–Kier alpha value is -1.42. The highest BCUT2D eigenvalue weighted by molar-refractivity contribution is 5.76. The van der Waals surface area contributed by atoms with Crippen LogP contribution < -0.4 is 0 Å². The van der Waals surface area contributed by atoms with Crippen molar-refractivity contribution >= 4 is 5.91 Å². The van der Waals surface area contributed by atoms with E-state index in [1.165, 1.54) is 6.07 Å². The quantitative estimate of drug-likeness (QED) is 0.805. The molecule has 1 aromatic carbocycles. The van der Waals surface area contributed by atoms with Crippen molar-refractivity contribution in [3.8, 4) is 0 Å². The third kappa shape index (κ3) is 4.81. The molecule has 1 amide bonds. The maximum atomic E-state index is 13.6. The lowest BCUT2D eigenvalue weighted by Crippen LogP contribution is -2.49. The van der Waals surface area contributed by atoms with E-state index in [1.807, 2.05) is 17.0 Å². The van der Waals surface area contributed by atoms with E-state index in [9.17, 15) is 9.18 Å². The maximum Gasteiger partial charge on any atom is 0.222 e. The Bertz CT molecular complexity index is 456. The molecule has 1 aromatic rings. The summed E-state index contributed by atoms with van der Waals surface area (Å²) in [6.45, 7) is 6.37. The molecule has 116 valence electrons. The molecule has 0 unspecified atom stereocenters. The molecule has 2 rings (SSSR count). The van der Waals surface area contributed by atoms with Crippen LogP contribution in [0.15, 0.2) is 24.3 Å². The molecule has 3 nitrogen and oxygen atoms in total. The number of piperazine rings is 1. The van der Waals surface area contributed by atoms with E-state index in [1.54, 1.807) is 6.07 Å². The van der Waals surface area contributed by atoms with Gasteiger partial charge >= 0.3 is 0 Å². The first-order chi connectivity index (χ1) is 10.2. The monoisotopic (exact) mass is 292 g/mol. The van der Waals surface area contributed by atoms with Gasteiger partial charge in [-0.3, -0.25) is 9.69 Å². The van der Waals surface area contributed by atoms with E-state index in [0.29, 0.717) is 6.42 Å². The van der Waals surface area contributed by atoms with Gasteiger partial charge in [-0.15, -0.1) is 0 Å². The molecular weight excluding hydrogens is 267 g/mol. The van der Waals surface area contributed by atoms with Crippen molar-refractivity contribution in [1.29, 1.82) is 0 Å². The molecule has 0 N–H and O–H groups in total. The van der Waals surface area contributed by atoms with Crippen LogP contribution in [-0.2, 0) is 11.2 Å². The number of rotatable bonds is 6. The van der Waals surface area contributed by atoms with Crippen molar-refractivity contribution < 1.29 is 9.18 Å². The summed E-state index contributed by atoms with van der Waals surface area (Å²) in [4.78, 5) is 16.2. The second kappa shape index (κ2) is 8.13. The third-order valence-electron chi connectivity index (χ3n) is 4.12. The molecule has 1 heterocycles. The second-order valence-corrected chi connectivity index (χ2v) is 5.67. The van der Waals surface area contributed by atoms with Gasteiger partial charge in [-0.05, 0) is 24.5 Å². The molecule has 0 aliphatic carbocycles. The van der Waals surface area contributed by atoms with Gasteiger partial charge in [0.1, 0.15) is 5.82 Å². The van der Waals surface area contributed by atoms with Gasteiger partial charge in [0.05, 0.1) is 0 Å². The zero-order valence-corrected chi connectivity index (χ0v) is 12.9. The smallest absolute Gasteiger partial charge is 0.222 e.